The average Bonchev–Trinajstić information content (AvgIpc) is 2.40. The standard InChI is InChI=1S/C11H19F2NO3/c1-10(2,3)14-4-8(11(12,13)7-14)5-17-6-9(15)16/h8H,4-7H2,1-3H3,(H,15,16). The number of nitrogens with zero attached hydrogens (tertiary/aromatic N) is 1. The molecule has 17 heavy (non-hydrogen) atoms. The first kappa shape index (κ1) is 14.3. The number of aliphatic carboxylic acids is 1. The van der Waals surface area contributed by atoms with E-state index in [9.17, 15) is 13.6 Å². The van der Waals surface area contributed by atoms with E-state index in [-0.39, 0.29) is 25.2 Å². The zero-order chi connectivity index (χ0) is 13.3. The molecule has 1 N–H and O–H groups in total. The molecule has 0 aliphatic carbocycles. The molecule has 1 aliphatic heterocycles. The molecule has 1 heterocycles. The molecule has 100 valence electrons. The van der Waals surface area contributed by atoms with Crippen LogP contribution >= 0.6 is 0 Å². The molecule has 1 unspecified atom stereocenters. The Hall–Kier alpha value is -0.750. The average molecular weight is 251 g/mol. The van der Waals surface area contributed by atoms with Crippen LogP contribution in [-0.2, 0) is 9.53 Å². The summed E-state index contributed by atoms with van der Waals surface area (Å²) >= 11 is 0. The van der Waals surface area contributed by atoms with Gasteiger partial charge in [0.15, 0.2) is 0 Å². The summed E-state index contributed by atoms with van der Waals surface area (Å²) in [7, 11) is 0. The Morgan fingerprint density at radius 3 is 2.53 bits per heavy atom. The summed E-state index contributed by atoms with van der Waals surface area (Å²) < 4.78 is 32.1. The highest BCUT2D eigenvalue weighted by atomic mass is 19.3. The topological polar surface area (TPSA) is 49.8 Å². The molecule has 1 fully saturated rings. The van der Waals surface area contributed by atoms with E-state index in [0.29, 0.717) is 0 Å². The Bertz CT molecular complexity index is 289. The number of rotatable bonds is 4. The van der Waals surface area contributed by atoms with Crippen LogP contribution in [0.2, 0.25) is 0 Å². The Morgan fingerprint density at radius 1 is 1.53 bits per heavy atom. The van der Waals surface area contributed by atoms with Gasteiger partial charge in [-0.25, -0.2) is 13.6 Å². The number of ether oxygens (including phenoxy) is 1. The first-order valence-corrected chi connectivity index (χ1v) is 5.55. The molecule has 1 saturated heterocycles. The van der Waals surface area contributed by atoms with Gasteiger partial charge in [-0.15, -0.1) is 0 Å². The first-order valence-electron chi connectivity index (χ1n) is 5.55. The van der Waals surface area contributed by atoms with Gasteiger partial charge in [0.05, 0.1) is 19.1 Å². The van der Waals surface area contributed by atoms with Crippen molar-refractivity contribution in [1.29, 1.82) is 0 Å². The Kier molecular flexibility index (Phi) is 4.09. The van der Waals surface area contributed by atoms with Crippen molar-refractivity contribution in [2.24, 2.45) is 5.92 Å². The van der Waals surface area contributed by atoms with Crippen molar-refractivity contribution in [1.82, 2.24) is 4.90 Å². The lowest BCUT2D eigenvalue weighted by molar-refractivity contribution is -0.144. The van der Waals surface area contributed by atoms with Crippen LogP contribution in [0.1, 0.15) is 20.8 Å². The van der Waals surface area contributed by atoms with Gasteiger partial charge in [-0.05, 0) is 20.8 Å². The third-order valence-corrected chi connectivity index (χ3v) is 2.93. The fraction of sp³-hybridized carbons (Fsp3) is 0.909. The minimum atomic E-state index is -2.81. The summed E-state index contributed by atoms with van der Waals surface area (Å²) in [6.45, 7) is 4.83. The molecule has 0 radical (unpaired) electrons. The summed E-state index contributed by atoms with van der Waals surface area (Å²) in [5.74, 6) is -4.88. The van der Waals surface area contributed by atoms with Gasteiger partial charge < -0.3 is 9.84 Å². The number of alkyl halides is 2. The molecule has 6 heteroatoms. The molecular weight excluding hydrogens is 232 g/mol. The lowest BCUT2D eigenvalue weighted by Gasteiger charge is -2.31. The van der Waals surface area contributed by atoms with Crippen LogP contribution in [0.25, 0.3) is 0 Å². The molecule has 0 aromatic carbocycles. The van der Waals surface area contributed by atoms with E-state index in [1.807, 2.05) is 20.8 Å². The van der Waals surface area contributed by atoms with E-state index < -0.39 is 24.4 Å². The van der Waals surface area contributed by atoms with E-state index in [1.54, 1.807) is 4.90 Å². The van der Waals surface area contributed by atoms with E-state index in [2.05, 4.69) is 0 Å². The van der Waals surface area contributed by atoms with E-state index in [1.165, 1.54) is 0 Å². The SMILES string of the molecule is CC(C)(C)N1CC(COCC(=O)O)C(F)(F)C1. The second-order valence-electron chi connectivity index (χ2n) is 5.42. The molecule has 4 nitrogen and oxygen atoms in total. The second-order valence-corrected chi connectivity index (χ2v) is 5.42. The van der Waals surface area contributed by atoms with Crippen molar-refractivity contribution in [2.45, 2.75) is 32.2 Å². The van der Waals surface area contributed by atoms with Gasteiger partial charge in [0.25, 0.3) is 5.92 Å². The molecule has 0 aromatic heterocycles. The maximum Gasteiger partial charge on any atom is 0.329 e. The van der Waals surface area contributed by atoms with Crippen molar-refractivity contribution in [3.63, 3.8) is 0 Å². The number of carbonyl (C=O) groups is 1. The normalized spacial score (nSPS) is 25.1. The van der Waals surface area contributed by atoms with Crippen LogP contribution in [0.5, 0.6) is 0 Å². The van der Waals surface area contributed by atoms with E-state index in [4.69, 9.17) is 9.84 Å². The molecule has 0 saturated carbocycles. The third kappa shape index (κ3) is 3.89. The van der Waals surface area contributed by atoms with Crippen molar-refractivity contribution in [3.8, 4) is 0 Å². The van der Waals surface area contributed by atoms with Gasteiger partial charge in [-0.3, -0.25) is 4.90 Å². The van der Waals surface area contributed by atoms with Crippen molar-refractivity contribution in [3.05, 3.63) is 0 Å². The molecule has 0 bridgehead atoms. The number of hydrogen-bond donors (Lipinski definition) is 1. The van der Waals surface area contributed by atoms with Crippen LogP contribution in [0, 0.1) is 5.92 Å². The zero-order valence-corrected chi connectivity index (χ0v) is 10.4. The molecule has 1 rings (SSSR count). The van der Waals surface area contributed by atoms with Crippen LogP contribution in [0.3, 0.4) is 0 Å². The monoisotopic (exact) mass is 251 g/mol. The van der Waals surface area contributed by atoms with Crippen LogP contribution < -0.4 is 0 Å². The number of likely N-dealkylation sites (tertiary alicyclic amines) is 1. The number of carboxylic acids is 1. The van der Waals surface area contributed by atoms with Gasteiger partial charge >= 0.3 is 5.97 Å². The van der Waals surface area contributed by atoms with E-state index >= 15 is 0 Å². The maximum absolute atomic E-state index is 13.6. The summed E-state index contributed by atoms with van der Waals surface area (Å²) in [5, 5.41) is 8.38. The summed E-state index contributed by atoms with van der Waals surface area (Å²) in [6.07, 6.45) is 0. The van der Waals surface area contributed by atoms with Crippen molar-refractivity contribution >= 4 is 5.97 Å². The Balaban J connectivity index is 2.52. The molecular formula is C11H19F2NO3. The quantitative estimate of drug-likeness (QED) is 0.821. The number of hydrogen-bond acceptors (Lipinski definition) is 3. The largest absolute Gasteiger partial charge is 0.480 e. The van der Waals surface area contributed by atoms with Gasteiger partial charge in [0.2, 0.25) is 0 Å². The molecule has 0 spiro atoms. The minimum absolute atomic E-state index is 0.216. The predicted molar refractivity (Wildman–Crippen MR) is 58.2 cm³/mol. The summed E-state index contributed by atoms with van der Waals surface area (Å²) in [5.41, 5.74) is -0.315. The van der Waals surface area contributed by atoms with Gasteiger partial charge in [-0.1, -0.05) is 0 Å². The van der Waals surface area contributed by atoms with Crippen LogP contribution in [0.15, 0.2) is 0 Å². The highest BCUT2D eigenvalue weighted by Crippen LogP contribution is 2.36. The third-order valence-electron chi connectivity index (χ3n) is 2.93. The summed E-state index contributed by atoms with van der Waals surface area (Å²) in [4.78, 5) is 11.9. The number of halogens is 2. The summed E-state index contributed by atoms with van der Waals surface area (Å²) in [6, 6.07) is 0. The van der Waals surface area contributed by atoms with Crippen LogP contribution in [-0.4, -0.2) is 53.7 Å². The maximum atomic E-state index is 13.6. The Morgan fingerprint density at radius 2 is 2.12 bits per heavy atom. The van der Waals surface area contributed by atoms with Gasteiger partial charge in [0, 0.05) is 12.1 Å². The van der Waals surface area contributed by atoms with Crippen molar-refractivity contribution < 1.29 is 23.4 Å². The lowest BCUT2D eigenvalue weighted by atomic mass is 10.1. The fourth-order valence-electron chi connectivity index (χ4n) is 1.82. The molecule has 1 atom stereocenters. The van der Waals surface area contributed by atoms with Crippen molar-refractivity contribution in [2.75, 3.05) is 26.3 Å². The Labute approximate surface area is 99.5 Å². The predicted octanol–water partition coefficient (Wildman–Crippen LogP) is 1.45. The second kappa shape index (κ2) is 4.86. The lowest BCUT2D eigenvalue weighted by Crippen LogP contribution is -2.40. The number of carboxylic acid groups (broad SMARTS) is 1. The minimum Gasteiger partial charge on any atom is -0.480 e. The highest BCUT2D eigenvalue weighted by molar-refractivity contribution is 5.67. The molecule has 0 aromatic rings. The molecule has 1 aliphatic rings. The fourth-order valence-corrected chi connectivity index (χ4v) is 1.82. The van der Waals surface area contributed by atoms with E-state index in [0.717, 1.165) is 0 Å². The van der Waals surface area contributed by atoms with Gasteiger partial charge in [-0.2, -0.15) is 0 Å². The van der Waals surface area contributed by atoms with Gasteiger partial charge in [0.1, 0.15) is 6.61 Å². The first-order chi connectivity index (χ1) is 7.63. The highest BCUT2D eigenvalue weighted by Gasteiger charge is 2.50. The molecule has 0 amide bonds. The van der Waals surface area contributed by atoms with Crippen LogP contribution in [0.4, 0.5) is 8.78 Å². The zero-order valence-electron chi connectivity index (χ0n) is 10.4. The smallest absolute Gasteiger partial charge is 0.329 e.